The number of nitrogens with zero attached hydrogens (tertiary/aromatic N) is 3. The number of nitrogens with one attached hydrogen (secondary N) is 1. The van der Waals surface area contributed by atoms with Crippen molar-refractivity contribution in [3.8, 4) is 5.75 Å². The smallest absolute Gasteiger partial charge is 0.272 e. The fraction of sp³-hybridized carbons (Fsp3) is 0.130. The number of carbonyl (C=O) groups excluding carboxylic acids is 1. The second kappa shape index (κ2) is 10.6. The van der Waals surface area contributed by atoms with Crippen molar-refractivity contribution in [2.75, 3.05) is 18.0 Å². The van der Waals surface area contributed by atoms with Crippen molar-refractivity contribution in [2.24, 2.45) is 5.10 Å². The predicted molar refractivity (Wildman–Crippen MR) is 128 cm³/mol. The minimum atomic E-state index is -4.11. The fourth-order valence-corrected chi connectivity index (χ4v) is 4.56. The van der Waals surface area contributed by atoms with Gasteiger partial charge in [-0.2, -0.15) is 5.10 Å². The molecule has 0 saturated heterocycles. The Morgan fingerprint density at radius 1 is 1.12 bits per heavy atom. The van der Waals surface area contributed by atoms with Crippen LogP contribution in [0.1, 0.15) is 11.1 Å². The van der Waals surface area contributed by atoms with Crippen LogP contribution in [0.15, 0.2) is 82.8 Å². The van der Waals surface area contributed by atoms with E-state index in [1.54, 1.807) is 55.5 Å². The first kappa shape index (κ1) is 24.4. The number of methoxy groups -OCH3 is 1. The van der Waals surface area contributed by atoms with Gasteiger partial charge in [0.15, 0.2) is 0 Å². The summed E-state index contributed by atoms with van der Waals surface area (Å²) < 4.78 is 32.9. The number of carbonyl (C=O) groups is 1. The summed E-state index contributed by atoms with van der Waals surface area (Å²) in [5.41, 5.74) is 3.26. The Bertz CT molecular complexity index is 1330. The van der Waals surface area contributed by atoms with Crippen molar-refractivity contribution in [2.45, 2.75) is 11.8 Å². The molecule has 0 spiro atoms. The maximum Gasteiger partial charge on any atom is 0.272 e. The number of amides is 1. The quantitative estimate of drug-likeness (QED) is 0.283. The molecule has 0 bridgehead atoms. The molecule has 3 aromatic carbocycles. The summed E-state index contributed by atoms with van der Waals surface area (Å²) in [6, 6.07) is 18.6. The number of sulfonamides is 1. The molecule has 0 fully saturated rings. The Hall–Kier alpha value is -4.25. The lowest BCUT2D eigenvalue weighted by Gasteiger charge is -2.25. The lowest BCUT2D eigenvalue weighted by molar-refractivity contribution is -0.385. The van der Waals surface area contributed by atoms with Gasteiger partial charge in [-0.15, -0.1) is 0 Å². The number of rotatable bonds is 9. The number of nitro groups is 1. The average molecular weight is 483 g/mol. The van der Waals surface area contributed by atoms with Gasteiger partial charge in [-0.1, -0.05) is 42.5 Å². The van der Waals surface area contributed by atoms with Crippen molar-refractivity contribution in [1.82, 2.24) is 5.43 Å². The monoisotopic (exact) mass is 482 g/mol. The van der Waals surface area contributed by atoms with E-state index in [9.17, 15) is 23.3 Å². The zero-order valence-corrected chi connectivity index (χ0v) is 19.2. The lowest BCUT2D eigenvalue weighted by Crippen LogP contribution is -2.39. The van der Waals surface area contributed by atoms with Crippen molar-refractivity contribution < 1.29 is 22.9 Å². The highest BCUT2D eigenvalue weighted by atomic mass is 32.2. The van der Waals surface area contributed by atoms with Crippen LogP contribution in [0.25, 0.3) is 0 Å². The molecule has 0 unspecified atom stereocenters. The number of nitro benzene ring substituents is 1. The molecule has 0 aliphatic rings. The van der Waals surface area contributed by atoms with E-state index < -0.39 is 27.4 Å². The van der Waals surface area contributed by atoms with E-state index in [1.807, 2.05) is 0 Å². The standard InChI is InChI=1S/C23H22N4O6S/c1-17-12-13-18(14-21(17)27(29)30)15-24-25-23(28)16-26(20-10-6-7-11-22(20)33-2)34(31,32)19-8-4-3-5-9-19/h3-15H,16H2,1-2H3,(H,25,28)/b24-15+. The third-order valence-electron chi connectivity index (χ3n) is 4.81. The van der Waals surface area contributed by atoms with Gasteiger partial charge in [-0.05, 0) is 31.2 Å². The number of hydrogen-bond acceptors (Lipinski definition) is 7. The van der Waals surface area contributed by atoms with Gasteiger partial charge in [0.25, 0.3) is 21.6 Å². The number of aryl methyl sites for hydroxylation is 1. The van der Waals surface area contributed by atoms with Crippen LogP contribution in [0.2, 0.25) is 0 Å². The molecule has 0 radical (unpaired) electrons. The normalized spacial score (nSPS) is 11.2. The summed E-state index contributed by atoms with van der Waals surface area (Å²) in [4.78, 5) is 23.2. The predicted octanol–water partition coefficient (Wildman–Crippen LogP) is 3.26. The van der Waals surface area contributed by atoms with Crippen LogP contribution in [0.4, 0.5) is 11.4 Å². The molecule has 0 atom stereocenters. The van der Waals surface area contributed by atoms with E-state index in [0.717, 1.165) is 4.31 Å². The van der Waals surface area contributed by atoms with Gasteiger partial charge in [-0.3, -0.25) is 19.2 Å². The first-order valence-corrected chi connectivity index (χ1v) is 11.5. The van der Waals surface area contributed by atoms with Gasteiger partial charge in [0.1, 0.15) is 12.3 Å². The number of benzene rings is 3. The van der Waals surface area contributed by atoms with Gasteiger partial charge in [0.05, 0.1) is 28.8 Å². The molecule has 34 heavy (non-hydrogen) atoms. The highest BCUT2D eigenvalue weighted by molar-refractivity contribution is 7.92. The van der Waals surface area contributed by atoms with E-state index in [-0.39, 0.29) is 22.0 Å². The summed E-state index contributed by atoms with van der Waals surface area (Å²) in [6.45, 7) is 1.03. The second-order valence-electron chi connectivity index (χ2n) is 7.09. The largest absolute Gasteiger partial charge is 0.495 e. The highest BCUT2D eigenvalue weighted by Gasteiger charge is 2.29. The number of hydrazone groups is 1. The van der Waals surface area contributed by atoms with Gasteiger partial charge in [-0.25, -0.2) is 13.8 Å². The third-order valence-corrected chi connectivity index (χ3v) is 6.58. The Morgan fingerprint density at radius 3 is 2.47 bits per heavy atom. The van der Waals surface area contributed by atoms with Crippen LogP contribution in [-0.2, 0) is 14.8 Å². The van der Waals surface area contributed by atoms with E-state index in [2.05, 4.69) is 10.5 Å². The molecule has 1 N–H and O–H groups in total. The lowest BCUT2D eigenvalue weighted by atomic mass is 10.1. The molecule has 0 saturated carbocycles. The Labute approximate surface area is 196 Å². The van der Waals surface area contributed by atoms with Crippen LogP contribution in [0, 0.1) is 17.0 Å². The summed E-state index contributed by atoms with van der Waals surface area (Å²) in [5, 5.41) is 14.9. The number of anilines is 1. The van der Waals surface area contributed by atoms with Gasteiger partial charge in [0, 0.05) is 17.2 Å². The van der Waals surface area contributed by atoms with E-state index in [0.29, 0.717) is 11.1 Å². The number of hydrogen-bond donors (Lipinski definition) is 1. The Balaban J connectivity index is 1.86. The Morgan fingerprint density at radius 2 is 1.79 bits per heavy atom. The van der Waals surface area contributed by atoms with Gasteiger partial charge >= 0.3 is 0 Å². The maximum absolute atomic E-state index is 13.4. The summed E-state index contributed by atoms with van der Waals surface area (Å²) in [5.74, 6) is -0.450. The van der Waals surface area contributed by atoms with E-state index >= 15 is 0 Å². The van der Waals surface area contributed by atoms with Crippen molar-refractivity contribution >= 4 is 33.5 Å². The van der Waals surface area contributed by atoms with E-state index in [1.165, 1.54) is 37.6 Å². The first-order chi connectivity index (χ1) is 16.2. The molecular formula is C23H22N4O6S. The molecule has 10 nitrogen and oxygen atoms in total. The molecule has 0 aliphatic heterocycles. The second-order valence-corrected chi connectivity index (χ2v) is 8.96. The highest BCUT2D eigenvalue weighted by Crippen LogP contribution is 2.32. The van der Waals surface area contributed by atoms with Gasteiger partial charge in [0.2, 0.25) is 0 Å². The van der Waals surface area contributed by atoms with Gasteiger partial charge < -0.3 is 4.74 Å². The molecule has 0 aromatic heterocycles. The molecule has 3 rings (SSSR count). The van der Waals surface area contributed by atoms with Crippen LogP contribution in [0.5, 0.6) is 5.75 Å². The number of ether oxygens (including phenoxy) is 1. The van der Waals surface area contributed by atoms with Crippen molar-refractivity contribution in [3.05, 3.63) is 94.0 Å². The van der Waals surface area contributed by atoms with Crippen LogP contribution < -0.4 is 14.5 Å². The molecule has 1 amide bonds. The van der Waals surface area contributed by atoms with Crippen molar-refractivity contribution in [1.29, 1.82) is 0 Å². The SMILES string of the molecule is COc1ccccc1N(CC(=O)N/N=C/c1ccc(C)c([N+](=O)[O-])c1)S(=O)(=O)c1ccccc1. The molecule has 176 valence electrons. The topological polar surface area (TPSA) is 131 Å². The minimum Gasteiger partial charge on any atom is -0.495 e. The maximum atomic E-state index is 13.4. The number of para-hydroxylation sites is 2. The van der Waals surface area contributed by atoms with Crippen molar-refractivity contribution in [3.63, 3.8) is 0 Å². The first-order valence-electron chi connectivity index (χ1n) is 10.0. The fourth-order valence-electron chi connectivity index (χ4n) is 3.10. The summed E-state index contributed by atoms with van der Waals surface area (Å²) in [6.07, 6.45) is 1.24. The van der Waals surface area contributed by atoms with Crippen LogP contribution in [-0.4, -0.2) is 39.1 Å². The molecular weight excluding hydrogens is 460 g/mol. The average Bonchev–Trinajstić information content (AvgIpc) is 2.84. The zero-order chi connectivity index (χ0) is 24.7. The summed E-state index contributed by atoms with van der Waals surface area (Å²) in [7, 11) is -2.71. The third kappa shape index (κ3) is 5.56. The minimum absolute atomic E-state index is 0.00386. The molecule has 3 aromatic rings. The summed E-state index contributed by atoms with van der Waals surface area (Å²) >= 11 is 0. The molecule has 11 heteroatoms. The van der Waals surface area contributed by atoms with Crippen LogP contribution >= 0.6 is 0 Å². The Kier molecular flexibility index (Phi) is 7.59. The molecule has 0 heterocycles. The molecule has 0 aliphatic carbocycles. The van der Waals surface area contributed by atoms with Crippen LogP contribution in [0.3, 0.4) is 0 Å². The van der Waals surface area contributed by atoms with E-state index in [4.69, 9.17) is 4.74 Å². The zero-order valence-electron chi connectivity index (χ0n) is 18.4.